The van der Waals surface area contributed by atoms with Gasteiger partial charge in [0.2, 0.25) is 0 Å². The van der Waals surface area contributed by atoms with Gasteiger partial charge in [-0.2, -0.15) is 8.78 Å². The Hall–Kier alpha value is -1.47. The molecule has 1 N–H and O–H groups in total. The zero-order chi connectivity index (χ0) is 15.0. The normalized spacial score (nSPS) is 10.4. The Labute approximate surface area is 122 Å². The molecule has 0 fully saturated rings. The van der Waals surface area contributed by atoms with Gasteiger partial charge >= 0.3 is 6.61 Å². The molecule has 0 radical (unpaired) electrons. The van der Waals surface area contributed by atoms with Crippen LogP contribution in [0.4, 0.5) is 14.5 Å². The van der Waals surface area contributed by atoms with Crippen LogP contribution in [0.1, 0.15) is 6.42 Å². The van der Waals surface area contributed by atoms with Crippen molar-refractivity contribution in [2.75, 3.05) is 32.6 Å². The molecule has 0 aromatic heterocycles. The van der Waals surface area contributed by atoms with Gasteiger partial charge in [0.1, 0.15) is 5.75 Å². The molecule has 0 saturated heterocycles. The van der Waals surface area contributed by atoms with Crippen LogP contribution in [0.5, 0.6) is 5.75 Å². The van der Waals surface area contributed by atoms with E-state index in [1.165, 1.54) is 12.1 Å². The van der Waals surface area contributed by atoms with Crippen LogP contribution in [0.3, 0.4) is 0 Å². The standard InChI is InChI=1S/C13H18F2N2O2S/c1-17(8-3-9-18-2)13(20)16-10-4-6-11(7-5-10)19-12(14)15/h4-7,12H,3,8-9H2,1-2H3,(H,16,20). The van der Waals surface area contributed by atoms with Crippen molar-refractivity contribution in [3.05, 3.63) is 24.3 Å². The Morgan fingerprint density at radius 2 is 2.00 bits per heavy atom. The summed E-state index contributed by atoms with van der Waals surface area (Å²) in [4.78, 5) is 1.89. The summed E-state index contributed by atoms with van der Waals surface area (Å²) in [6, 6.07) is 6.18. The Morgan fingerprint density at radius 3 is 2.55 bits per heavy atom. The van der Waals surface area contributed by atoms with Gasteiger partial charge in [-0.05, 0) is 42.9 Å². The maximum atomic E-state index is 12.0. The third-order valence-electron chi connectivity index (χ3n) is 2.52. The lowest BCUT2D eigenvalue weighted by atomic mass is 10.3. The second-order valence-electron chi connectivity index (χ2n) is 4.10. The van der Waals surface area contributed by atoms with Crippen molar-refractivity contribution >= 4 is 23.0 Å². The van der Waals surface area contributed by atoms with Gasteiger partial charge in [-0.25, -0.2) is 0 Å². The highest BCUT2D eigenvalue weighted by Crippen LogP contribution is 2.17. The number of thiocarbonyl (C=S) groups is 1. The van der Waals surface area contributed by atoms with Gasteiger partial charge < -0.3 is 19.7 Å². The zero-order valence-electron chi connectivity index (χ0n) is 11.4. The van der Waals surface area contributed by atoms with Gasteiger partial charge in [-0.15, -0.1) is 0 Å². The fourth-order valence-corrected chi connectivity index (χ4v) is 1.70. The van der Waals surface area contributed by atoms with E-state index < -0.39 is 6.61 Å². The predicted octanol–water partition coefficient (Wildman–Crippen LogP) is 2.95. The van der Waals surface area contributed by atoms with Gasteiger partial charge in [-0.3, -0.25) is 0 Å². The van der Waals surface area contributed by atoms with Crippen LogP contribution < -0.4 is 10.1 Å². The number of halogens is 2. The summed E-state index contributed by atoms with van der Waals surface area (Å²) in [6.45, 7) is -1.37. The highest BCUT2D eigenvalue weighted by atomic mass is 32.1. The smallest absolute Gasteiger partial charge is 0.387 e. The summed E-state index contributed by atoms with van der Waals surface area (Å²) in [7, 11) is 3.53. The van der Waals surface area contributed by atoms with Crippen molar-refractivity contribution in [1.82, 2.24) is 4.90 Å². The fourth-order valence-electron chi connectivity index (χ4n) is 1.49. The van der Waals surface area contributed by atoms with Gasteiger partial charge in [0.05, 0.1) is 0 Å². The summed E-state index contributed by atoms with van der Waals surface area (Å²) in [5.41, 5.74) is 0.718. The van der Waals surface area contributed by atoms with Crippen molar-refractivity contribution in [1.29, 1.82) is 0 Å². The number of nitrogens with one attached hydrogen (secondary N) is 1. The van der Waals surface area contributed by atoms with Crippen LogP contribution in [-0.4, -0.2) is 43.9 Å². The first-order valence-electron chi connectivity index (χ1n) is 6.09. The number of hydrogen-bond donors (Lipinski definition) is 1. The Bertz CT molecular complexity index is 415. The monoisotopic (exact) mass is 304 g/mol. The van der Waals surface area contributed by atoms with Crippen LogP contribution in [0.2, 0.25) is 0 Å². The first-order valence-corrected chi connectivity index (χ1v) is 6.49. The molecule has 0 saturated carbocycles. The highest BCUT2D eigenvalue weighted by Gasteiger charge is 2.06. The summed E-state index contributed by atoms with van der Waals surface area (Å²) in [6.07, 6.45) is 0.871. The average Bonchev–Trinajstić information content (AvgIpc) is 2.40. The van der Waals surface area contributed by atoms with Crippen LogP contribution >= 0.6 is 12.2 Å². The summed E-state index contributed by atoms with van der Waals surface area (Å²) in [5, 5.41) is 3.58. The van der Waals surface area contributed by atoms with Crippen molar-refractivity contribution in [3.63, 3.8) is 0 Å². The molecule has 7 heteroatoms. The van der Waals surface area contributed by atoms with Gasteiger partial charge in [-0.1, -0.05) is 0 Å². The average molecular weight is 304 g/mol. The van der Waals surface area contributed by atoms with Crippen LogP contribution in [0.15, 0.2) is 24.3 Å². The summed E-state index contributed by atoms with van der Waals surface area (Å²) in [5.74, 6) is 0.116. The van der Waals surface area contributed by atoms with Crippen molar-refractivity contribution in [2.45, 2.75) is 13.0 Å². The topological polar surface area (TPSA) is 33.7 Å². The lowest BCUT2D eigenvalue weighted by Gasteiger charge is -2.21. The highest BCUT2D eigenvalue weighted by molar-refractivity contribution is 7.80. The van der Waals surface area contributed by atoms with E-state index in [4.69, 9.17) is 17.0 Å². The van der Waals surface area contributed by atoms with Gasteiger partial charge in [0, 0.05) is 33.0 Å². The van der Waals surface area contributed by atoms with E-state index in [1.54, 1.807) is 19.2 Å². The van der Waals surface area contributed by atoms with Crippen LogP contribution in [0.25, 0.3) is 0 Å². The lowest BCUT2D eigenvalue weighted by molar-refractivity contribution is -0.0498. The van der Waals surface area contributed by atoms with E-state index in [1.807, 2.05) is 11.9 Å². The van der Waals surface area contributed by atoms with E-state index in [9.17, 15) is 8.78 Å². The number of rotatable bonds is 7. The van der Waals surface area contributed by atoms with Gasteiger partial charge in [0.25, 0.3) is 0 Å². The van der Waals surface area contributed by atoms with Crippen LogP contribution in [-0.2, 0) is 4.74 Å². The second kappa shape index (κ2) is 8.65. The molecule has 0 aliphatic rings. The van der Waals surface area contributed by atoms with Crippen LogP contribution in [0, 0.1) is 0 Å². The van der Waals surface area contributed by atoms with E-state index in [0.29, 0.717) is 11.7 Å². The van der Waals surface area contributed by atoms with Gasteiger partial charge in [0.15, 0.2) is 5.11 Å². The molecule has 1 aromatic carbocycles. The number of nitrogens with zero attached hydrogens (tertiary/aromatic N) is 1. The molecular formula is C13H18F2N2O2S. The van der Waals surface area contributed by atoms with E-state index in [-0.39, 0.29) is 5.75 Å². The minimum Gasteiger partial charge on any atom is -0.435 e. The summed E-state index contributed by atoms with van der Waals surface area (Å²) < 4.78 is 33.3. The summed E-state index contributed by atoms with van der Waals surface area (Å²) >= 11 is 5.23. The molecule has 0 bridgehead atoms. The van der Waals surface area contributed by atoms with E-state index in [0.717, 1.165) is 18.7 Å². The first-order chi connectivity index (χ1) is 9.52. The maximum Gasteiger partial charge on any atom is 0.387 e. The third-order valence-corrected chi connectivity index (χ3v) is 2.93. The molecule has 4 nitrogen and oxygen atoms in total. The zero-order valence-corrected chi connectivity index (χ0v) is 12.3. The number of alkyl halides is 2. The molecule has 1 rings (SSSR count). The van der Waals surface area contributed by atoms with E-state index in [2.05, 4.69) is 10.1 Å². The number of hydrogen-bond acceptors (Lipinski definition) is 3. The SMILES string of the molecule is COCCCN(C)C(=S)Nc1ccc(OC(F)F)cc1. The second-order valence-corrected chi connectivity index (χ2v) is 4.49. The van der Waals surface area contributed by atoms with E-state index >= 15 is 0 Å². The lowest BCUT2D eigenvalue weighted by Crippen LogP contribution is -2.32. The molecule has 0 aliphatic carbocycles. The molecule has 0 amide bonds. The van der Waals surface area contributed by atoms with Crippen molar-refractivity contribution < 1.29 is 18.3 Å². The predicted molar refractivity (Wildman–Crippen MR) is 78.4 cm³/mol. The quantitative estimate of drug-likeness (QED) is 0.619. The number of ether oxygens (including phenoxy) is 2. The number of benzene rings is 1. The minimum atomic E-state index is -2.82. The largest absolute Gasteiger partial charge is 0.435 e. The van der Waals surface area contributed by atoms with Crippen molar-refractivity contribution in [3.8, 4) is 5.75 Å². The Kier molecular flexibility index (Phi) is 7.17. The molecule has 0 aliphatic heterocycles. The molecule has 0 heterocycles. The Morgan fingerprint density at radius 1 is 1.35 bits per heavy atom. The first kappa shape index (κ1) is 16.6. The molecule has 112 valence electrons. The van der Waals surface area contributed by atoms with Crippen molar-refractivity contribution in [2.24, 2.45) is 0 Å². The maximum absolute atomic E-state index is 12.0. The third kappa shape index (κ3) is 6.12. The molecular weight excluding hydrogens is 286 g/mol. The fraction of sp³-hybridized carbons (Fsp3) is 0.462. The minimum absolute atomic E-state index is 0.116. The molecule has 0 atom stereocenters. The molecule has 0 spiro atoms. The molecule has 20 heavy (non-hydrogen) atoms. The molecule has 1 aromatic rings. The number of anilines is 1. The Balaban J connectivity index is 2.45. The molecule has 0 unspecified atom stereocenters. The number of methoxy groups -OCH3 is 1.